The summed E-state index contributed by atoms with van der Waals surface area (Å²) in [6, 6.07) is 11.9. The van der Waals surface area contributed by atoms with Crippen molar-refractivity contribution >= 4 is 46.4 Å². The van der Waals surface area contributed by atoms with E-state index in [1.165, 1.54) is 0 Å². The van der Waals surface area contributed by atoms with Crippen LogP contribution in [0.5, 0.6) is 0 Å². The minimum Gasteiger partial charge on any atom is -0.322 e. The third-order valence-electron chi connectivity index (χ3n) is 3.69. The molecule has 0 aliphatic carbocycles. The topological polar surface area (TPSA) is 49.4 Å². The summed E-state index contributed by atoms with van der Waals surface area (Å²) in [5.41, 5.74) is 1.90. The molecule has 0 bridgehead atoms. The van der Waals surface area contributed by atoms with Crippen molar-refractivity contribution in [3.63, 3.8) is 0 Å². The van der Waals surface area contributed by atoms with Crippen LogP contribution in [-0.2, 0) is 4.79 Å². The first-order valence-corrected chi connectivity index (χ1v) is 7.97. The quantitative estimate of drug-likeness (QED) is 0.894. The van der Waals surface area contributed by atoms with E-state index < -0.39 is 0 Å². The molecule has 2 amide bonds. The lowest BCUT2D eigenvalue weighted by atomic mass is 10.1. The van der Waals surface area contributed by atoms with Gasteiger partial charge in [0.2, 0.25) is 5.91 Å². The van der Waals surface area contributed by atoms with Gasteiger partial charge < -0.3 is 10.2 Å². The molecule has 1 N–H and O–H groups in total. The zero-order chi connectivity index (χ0) is 16.4. The lowest BCUT2D eigenvalue weighted by molar-refractivity contribution is -0.117. The summed E-state index contributed by atoms with van der Waals surface area (Å²) in [5, 5.41) is 3.58. The van der Waals surface area contributed by atoms with E-state index in [2.05, 4.69) is 5.32 Å². The number of carbonyl (C=O) groups is 2. The Morgan fingerprint density at radius 1 is 1.04 bits per heavy atom. The van der Waals surface area contributed by atoms with Crippen LogP contribution < -0.4 is 10.2 Å². The number of nitrogens with one attached hydrogen (secondary N) is 1. The molecule has 118 valence electrons. The standard InChI is InChI=1S/C17H14Cl2N2O2/c18-14-8-5-12(10-15(14)19)20-17(23)11-3-6-13(7-4-11)21-9-1-2-16(21)22/h3-8,10H,1-2,9H2,(H,20,23). The van der Waals surface area contributed by atoms with E-state index in [0.717, 1.165) is 18.7 Å². The van der Waals surface area contributed by atoms with Gasteiger partial charge in [0.1, 0.15) is 0 Å². The van der Waals surface area contributed by atoms with Crippen molar-refractivity contribution in [1.29, 1.82) is 0 Å². The summed E-state index contributed by atoms with van der Waals surface area (Å²) in [6.07, 6.45) is 1.46. The van der Waals surface area contributed by atoms with Crippen molar-refractivity contribution in [2.24, 2.45) is 0 Å². The molecule has 0 unspecified atom stereocenters. The fraction of sp³-hybridized carbons (Fsp3) is 0.176. The van der Waals surface area contributed by atoms with Gasteiger partial charge in [-0.15, -0.1) is 0 Å². The number of carbonyl (C=O) groups excluding carboxylic acids is 2. The van der Waals surface area contributed by atoms with Gasteiger partial charge >= 0.3 is 0 Å². The van der Waals surface area contributed by atoms with Crippen LogP contribution in [0.4, 0.5) is 11.4 Å². The van der Waals surface area contributed by atoms with Gasteiger partial charge in [0.15, 0.2) is 0 Å². The number of hydrogen-bond donors (Lipinski definition) is 1. The Labute approximate surface area is 144 Å². The SMILES string of the molecule is O=C(Nc1ccc(Cl)c(Cl)c1)c1ccc(N2CCCC2=O)cc1. The zero-order valence-electron chi connectivity index (χ0n) is 12.2. The number of amides is 2. The fourth-order valence-electron chi connectivity index (χ4n) is 2.49. The van der Waals surface area contributed by atoms with Gasteiger partial charge in [0, 0.05) is 29.9 Å². The summed E-state index contributed by atoms with van der Waals surface area (Å²) in [6.45, 7) is 0.730. The molecule has 0 aromatic heterocycles. The molecule has 0 spiro atoms. The lowest BCUT2D eigenvalue weighted by Gasteiger charge is -2.15. The summed E-state index contributed by atoms with van der Waals surface area (Å²) in [5.74, 6) is -0.124. The second-order valence-corrected chi connectivity index (χ2v) is 6.09. The highest BCUT2D eigenvalue weighted by Crippen LogP contribution is 2.26. The largest absolute Gasteiger partial charge is 0.322 e. The molecule has 1 fully saturated rings. The van der Waals surface area contributed by atoms with E-state index in [-0.39, 0.29) is 11.8 Å². The van der Waals surface area contributed by atoms with Gasteiger partial charge in [0.25, 0.3) is 5.91 Å². The molecule has 23 heavy (non-hydrogen) atoms. The van der Waals surface area contributed by atoms with Gasteiger partial charge in [-0.1, -0.05) is 23.2 Å². The molecule has 0 radical (unpaired) electrons. The molecular weight excluding hydrogens is 335 g/mol. The highest BCUT2D eigenvalue weighted by molar-refractivity contribution is 6.42. The molecule has 2 aromatic rings. The molecule has 0 atom stereocenters. The van der Waals surface area contributed by atoms with Crippen LogP contribution in [0.15, 0.2) is 42.5 Å². The Hall–Kier alpha value is -2.04. The van der Waals surface area contributed by atoms with E-state index in [1.807, 2.05) is 0 Å². The van der Waals surface area contributed by atoms with Crippen molar-refractivity contribution in [2.75, 3.05) is 16.8 Å². The second-order valence-electron chi connectivity index (χ2n) is 5.28. The number of anilines is 2. The van der Waals surface area contributed by atoms with Crippen LogP contribution in [0.2, 0.25) is 10.0 Å². The van der Waals surface area contributed by atoms with E-state index in [9.17, 15) is 9.59 Å². The van der Waals surface area contributed by atoms with Gasteiger partial charge in [-0.3, -0.25) is 9.59 Å². The molecule has 1 aliphatic rings. The highest BCUT2D eigenvalue weighted by atomic mass is 35.5. The predicted octanol–water partition coefficient (Wildman–Crippen LogP) is 4.37. The Morgan fingerprint density at radius 3 is 2.39 bits per heavy atom. The number of benzene rings is 2. The molecule has 1 aliphatic heterocycles. The molecular formula is C17H14Cl2N2O2. The van der Waals surface area contributed by atoms with E-state index in [4.69, 9.17) is 23.2 Å². The first-order chi connectivity index (χ1) is 11.0. The van der Waals surface area contributed by atoms with Crippen molar-refractivity contribution < 1.29 is 9.59 Å². The number of halogens is 2. The number of hydrogen-bond acceptors (Lipinski definition) is 2. The second kappa shape index (κ2) is 6.60. The van der Waals surface area contributed by atoms with E-state index in [1.54, 1.807) is 47.4 Å². The molecule has 2 aromatic carbocycles. The van der Waals surface area contributed by atoms with Crippen LogP contribution in [-0.4, -0.2) is 18.4 Å². The fourth-order valence-corrected chi connectivity index (χ4v) is 2.79. The van der Waals surface area contributed by atoms with Crippen molar-refractivity contribution in [1.82, 2.24) is 0 Å². The molecule has 6 heteroatoms. The summed E-state index contributed by atoms with van der Waals surface area (Å²) in [4.78, 5) is 25.7. The predicted molar refractivity (Wildman–Crippen MR) is 92.4 cm³/mol. The monoisotopic (exact) mass is 348 g/mol. The summed E-state index contributed by atoms with van der Waals surface area (Å²) < 4.78 is 0. The van der Waals surface area contributed by atoms with Crippen LogP contribution in [0.25, 0.3) is 0 Å². The maximum absolute atomic E-state index is 12.2. The van der Waals surface area contributed by atoms with E-state index >= 15 is 0 Å². The Kier molecular flexibility index (Phi) is 4.55. The van der Waals surface area contributed by atoms with Crippen LogP contribution in [0.3, 0.4) is 0 Å². The van der Waals surface area contributed by atoms with Crippen LogP contribution >= 0.6 is 23.2 Å². The molecule has 0 saturated carbocycles. The minimum absolute atomic E-state index is 0.123. The minimum atomic E-state index is -0.248. The van der Waals surface area contributed by atoms with Crippen LogP contribution in [0, 0.1) is 0 Å². The van der Waals surface area contributed by atoms with Crippen molar-refractivity contribution in [2.45, 2.75) is 12.8 Å². The third kappa shape index (κ3) is 3.49. The summed E-state index contributed by atoms with van der Waals surface area (Å²) >= 11 is 11.8. The van der Waals surface area contributed by atoms with Crippen molar-refractivity contribution in [3.8, 4) is 0 Å². The Bertz CT molecular complexity index is 760. The maximum atomic E-state index is 12.2. The Balaban J connectivity index is 1.72. The van der Waals surface area contributed by atoms with Gasteiger partial charge in [-0.2, -0.15) is 0 Å². The highest BCUT2D eigenvalue weighted by Gasteiger charge is 2.21. The van der Waals surface area contributed by atoms with Gasteiger partial charge in [-0.05, 0) is 48.9 Å². The first kappa shape index (κ1) is 15.8. The van der Waals surface area contributed by atoms with Gasteiger partial charge in [-0.25, -0.2) is 0 Å². The van der Waals surface area contributed by atoms with Crippen molar-refractivity contribution in [3.05, 3.63) is 58.1 Å². The smallest absolute Gasteiger partial charge is 0.255 e. The molecule has 1 heterocycles. The van der Waals surface area contributed by atoms with E-state index in [0.29, 0.717) is 27.7 Å². The first-order valence-electron chi connectivity index (χ1n) is 7.21. The number of rotatable bonds is 3. The average molecular weight is 349 g/mol. The maximum Gasteiger partial charge on any atom is 0.255 e. The average Bonchev–Trinajstić information content (AvgIpc) is 2.97. The Morgan fingerprint density at radius 2 is 1.78 bits per heavy atom. The summed E-state index contributed by atoms with van der Waals surface area (Å²) in [7, 11) is 0. The molecule has 3 rings (SSSR count). The van der Waals surface area contributed by atoms with Gasteiger partial charge in [0.05, 0.1) is 10.0 Å². The molecule has 4 nitrogen and oxygen atoms in total. The van der Waals surface area contributed by atoms with Crippen LogP contribution in [0.1, 0.15) is 23.2 Å². The zero-order valence-corrected chi connectivity index (χ0v) is 13.7. The normalized spacial score (nSPS) is 14.2. The molecule has 1 saturated heterocycles. The number of nitrogens with zero attached hydrogens (tertiary/aromatic N) is 1. The third-order valence-corrected chi connectivity index (χ3v) is 4.43. The lowest BCUT2D eigenvalue weighted by Crippen LogP contribution is -2.23.